The summed E-state index contributed by atoms with van der Waals surface area (Å²) < 4.78 is 0. The van der Waals surface area contributed by atoms with Crippen molar-refractivity contribution in [2.75, 3.05) is 6.54 Å². The van der Waals surface area contributed by atoms with Crippen molar-refractivity contribution in [1.82, 2.24) is 10.2 Å². The highest BCUT2D eigenvalue weighted by Gasteiger charge is 2.64. The van der Waals surface area contributed by atoms with Gasteiger partial charge in [-0.1, -0.05) is 78.6 Å². The molecule has 0 aromatic heterocycles. The highest BCUT2D eigenvalue weighted by atomic mass is 16.2. The molecule has 0 aromatic carbocycles. The van der Waals surface area contributed by atoms with Crippen LogP contribution < -0.4 is 5.32 Å². The van der Waals surface area contributed by atoms with Crippen LogP contribution in [0.1, 0.15) is 104 Å². The van der Waals surface area contributed by atoms with Gasteiger partial charge in [-0.3, -0.25) is 19.3 Å². The van der Waals surface area contributed by atoms with Crippen LogP contribution in [0.3, 0.4) is 0 Å². The molecular weight excluding hydrogens is 364 g/mol. The van der Waals surface area contributed by atoms with Crippen LogP contribution in [0.4, 0.5) is 0 Å². The molecule has 2 bridgehead atoms. The van der Waals surface area contributed by atoms with Crippen LogP contribution in [0.5, 0.6) is 0 Å². The van der Waals surface area contributed by atoms with Gasteiger partial charge in [-0.2, -0.15) is 0 Å². The summed E-state index contributed by atoms with van der Waals surface area (Å²) in [4.78, 5) is 40.1. The summed E-state index contributed by atoms with van der Waals surface area (Å²) in [6, 6.07) is 0.167. The average molecular weight is 405 g/mol. The Labute approximate surface area is 176 Å². The molecule has 29 heavy (non-hydrogen) atoms. The summed E-state index contributed by atoms with van der Waals surface area (Å²) in [5.41, 5.74) is -0.874. The third kappa shape index (κ3) is 4.54. The van der Waals surface area contributed by atoms with Crippen molar-refractivity contribution in [2.45, 2.75) is 110 Å². The molecular formula is C24H40N2O3. The number of hydrogen-bond donors (Lipinski definition) is 1. The molecule has 2 aliphatic carbocycles. The third-order valence-corrected chi connectivity index (χ3v) is 8.28. The van der Waals surface area contributed by atoms with E-state index in [9.17, 15) is 14.4 Å². The summed E-state index contributed by atoms with van der Waals surface area (Å²) in [6.45, 7) is 5.92. The van der Waals surface area contributed by atoms with Crippen molar-refractivity contribution in [2.24, 2.45) is 16.7 Å². The summed E-state index contributed by atoms with van der Waals surface area (Å²) in [7, 11) is 0. The van der Waals surface area contributed by atoms with Gasteiger partial charge in [0.25, 0.3) is 0 Å². The second kappa shape index (κ2) is 9.18. The van der Waals surface area contributed by atoms with E-state index in [4.69, 9.17) is 0 Å². The van der Waals surface area contributed by atoms with Gasteiger partial charge in [0.2, 0.25) is 17.7 Å². The molecule has 5 nitrogen and oxygen atoms in total. The molecule has 1 heterocycles. The number of likely N-dealkylation sites (tertiary alicyclic amines) is 1. The molecule has 0 radical (unpaired) electrons. The summed E-state index contributed by atoms with van der Waals surface area (Å²) in [6.07, 6.45) is 14.8. The SMILES string of the molecule is CC12CCC(C(=O)N(CC(=O)NC3CCCCCCCCCCC3)C1=O)C2(C)C. The van der Waals surface area contributed by atoms with E-state index in [0.29, 0.717) is 0 Å². The zero-order valence-electron chi connectivity index (χ0n) is 18.7. The van der Waals surface area contributed by atoms with E-state index >= 15 is 0 Å². The number of hydrogen-bond acceptors (Lipinski definition) is 3. The van der Waals surface area contributed by atoms with Gasteiger partial charge >= 0.3 is 0 Å². The van der Waals surface area contributed by atoms with Crippen LogP contribution in [0.15, 0.2) is 0 Å². The van der Waals surface area contributed by atoms with E-state index in [1.165, 1.54) is 49.8 Å². The number of imide groups is 1. The van der Waals surface area contributed by atoms with E-state index in [-0.39, 0.29) is 41.6 Å². The van der Waals surface area contributed by atoms with Gasteiger partial charge in [0, 0.05) is 12.0 Å². The maximum atomic E-state index is 13.1. The van der Waals surface area contributed by atoms with Crippen LogP contribution in [0, 0.1) is 16.7 Å². The van der Waals surface area contributed by atoms with Crippen LogP contribution in [-0.2, 0) is 14.4 Å². The quantitative estimate of drug-likeness (QED) is 0.700. The number of nitrogens with one attached hydrogen (secondary N) is 1. The lowest BCUT2D eigenvalue weighted by molar-refractivity contribution is -0.169. The third-order valence-electron chi connectivity index (χ3n) is 8.28. The molecule has 1 N–H and O–H groups in total. The zero-order chi connectivity index (χ0) is 21.1. The lowest BCUT2D eigenvalue weighted by Crippen LogP contribution is -2.61. The Morgan fingerprint density at radius 2 is 1.41 bits per heavy atom. The van der Waals surface area contributed by atoms with Gasteiger partial charge in [-0.25, -0.2) is 0 Å². The van der Waals surface area contributed by atoms with E-state index in [1.54, 1.807) is 0 Å². The smallest absolute Gasteiger partial charge is 0.240 e. The number of piperidine rings is 1. The second-order valence-corrected chi connectivity index (χ2v) is 10.4. The average Bonchev–Trinajstić information content (AvgIpc) is 2.85. The monoisotopic (exact) mass is 404 g/mol. The normalized spacial score (nSPS) is 31.8. The Bertz CT molecular complexity index is 618. The van der Waals surface area contributed by atoms with Gasteiger partial charge in [0.15, 0.2) is 0 Å². The molecule has 2 saturated carbocycles. The molecule has 1 saturated heterocycles. The first kappa shape index (κ1) is 22.3. The van der Waals surface area contributed by atoms with Gasteiger partial charge < -0.3 is 5.32 Å². The Balaban J connectivity index is 1.59. The van der Waals surface area contributed by atoms with Gasteiger partial charge in [-0.05, 0) is 31.1 Å². The van der Waals surface area contributed by atoms with Crippen molar-refractivity contribution >= 4 is 17.7 Å². The molecule has 3 fully saturated rings. The van der Waals surface area contributed by atoms with Crippen molar-refractivity contribution < 1.29 is 14.4 Å². The number of carbonyl (C=O) groups is 3. The molecule has 2 atom stereocenters. The van der Waals surface area contributed by atoms with Crippen LogP contribution in [0.2, 0.25) is 0 Å². The first-order chi connectivity index (χ1) is 13.8. The van der Waals surface area contributed by atoms with Crippen molar-refractivity contribution in [3.63, 3.8) is 0 Å². The number of fused-ring (bicyclic) bond motifs is 2. The Morgan fingerprint density at radius 1 is 0.897 bits per heavy atom. The number of amides is 3. The summed E-state index contributed by atoms with van der Waals surface area (Å²) in [5.74, 6) is -0.634. The van der Waals surface area contributed by atoms with E-state index in [0.717, 1.165) is 38.5 Å². The van der Waals surface area contributed by atoms with Crippen LogP contribution in [0.25, 0.3) is 0 Å². The van der Waals surface area contributed by atoms with Crippen LogP contribution >= 0.6 is 0 Å². The van der Waals surface area contributed by atoms with Gasteiger partial charge in [0.05, 0.1) is 5.41 Å². The fraction of sp³-hybridized carbons (Fsp3) is 0.875. The predicted octanol–water partition coefficient (Wildman–Crippen LogP) is 4.59. The first-order valence-electron chi connectivity index (χ1n) is 11.9. The molecule has 3 rings (SSSR count). The zero-order valence-corrected chi connectivity index (χ0v) is 18.7. The van der Waals surface area contributed by atoms with E-state index in [2.05, 4.69) is 5.32 Å². The summed E-state index contributed by atoms with van der Waals surface area (Å²) >= 11 is 0. The highest BCUT2D eigenvalue weighted by molar-refractivity contribution is 6.06. The minimum atomic E-state index is -0.543. The summed E-state index contributed by atoms with van der Waals surface area (Å²) in [5, 5.41) is 3.16. The second-order valence-electron chi connectivity index (χ2n) is 10.4. The number of rotatable bonds is 3. The maximum absolute atomic E-state index is 13.1. The lowest BCUT2D eigenvalue weighted by Gasteiger charge is -2.47. The molecule has 0 aromatic rings. The highest BCUT2D eigenvalue weighted by Crippen LogP contribution is 2.59. The fourth-order valence-electron chi connectivity index (χ4n) is 5.78. The Morgan fingerprint density at radius 3 is 1.97 bits per heavy atom. The Kier molecular flexibility index (Phi) is 7.06. The molecule has 3 aliphatic rings. The predicted molar refractivity (Wildman–Crippen MR) is 114 cm³/mol. The first-order valence-corrected chi connectivity index (χ1v) is 11.9. The Hall–Kier alpha value is -1.39. The minimum absolute atomic E-state index is 0.115. The van der Waals surface area contributed by atoms with E-state index in [1.807, 2.05) is 20.8 Å². The largest absolute Gasteiger partial charge is 0.352 e. The lowest BCUT2D eigenvalue weighted by atomic mass is 9.62. The van der Waals surface area contributed by atoms with Crippen molar-refractivity contribution in [3.05, 3.63) is 0 Å². The fourth-order valence-corrected chi connectivity index (χ4v) is 5.78. The van der Waals surface area contributed by atoms with Gasteiger partial charge in [0.1, 0.15) is 6.54 Å². The minimum Gasteiger partial charge on any atom is -0.352 e. The molecule has 164 valence electrons. The number of carbonyl (C=O) groups excluding carboxylic acids is 3. The topological polar surface area (TPSA) is 66.5 Å². The standard InChI is InChI=1S/C24H40N2O3/c1-23(2)19-15-16-24(23,3)22(29)26(21(19)28)17-20(27)25-18-13-11-9-7-5-4-6-8-10-12-14-18/h18-19H,4-17H2,1-3H3,(H,25,27). The molecule has 1 aliphatic heterocycles. The number of nitrogens with zero attached hydrogens (tertiary/aromatic N) is 1. The molecule has 3 amide bonds. The van der Waals surface area contributed by atoms with Crippen molar-refractivity contribution in [1.29, 1.82) is 0 Å². The van der Waals surface area contributed by atoms with Crippen molar-refractivity contribution in [3.8, 4) is 0 Å². The van der Waals surface area contributed by atoms with Gasteiger partial charge in [-0.15, -0.1) is 0 Å². The molecule has 2 unspecified atom stereocenters. The van der Waals surface area contributed by atoms with Crippen LogP contribution in [-0.4, -0.2) is 35.2 Å². The molecule has 5 heteroatoms. The molecule has 0 spiro atoms. The maximum Gasteiger partial charge on any atom is 0.240 e. The van der Waals surface area contributed by atoms with E-state index < -0.39 is 5.41 Å².